The largest absolute Gasteiger partial charge is 0.748 e. The van der Waals surface area contributed by atoms with Crippen LogP contribution in [0.1, 0.15) is 11.1 Å². The van der Waals surface area contributed by atoms with E-state index < -0.39 is 0 Å². The fourth-order valence-electron chi connectivity index (χ4n) is 0.920. The minimum Gasteiger partial charge on any atom is -0.748 e. The van der Waals surface area contributed by atoms with Crippen LogP contribution in [-0.2, 0) is 17.1 Å². The van der Waals surface area contributed by atoms with Gasteiger partial charge in [0, 0.05) is 17.1 Å². The molecule has 0 radical (unpaired) electrons. The standard InChI is InChI=1S/C7H9.C5H5.Fe/c1-6-4-3-5-7(6)2;1-2-4-5-3-1;/h3-5H,1-2H3;1-5H;/q-1;-5;. The molecule has 13 heavy (non-hydrogen) atoms. The van der Waals surface area contributed by atoms with Gasteiger partial charge in [0.25, 0.3) is 0 Å². The Morgan fingerprint density at radius 2 is 1.54 bits per heavy atom. The van der Waals surface area contributed by atoms with Crippen molar-refractivity contribution in [1.82, 2.24) is 0 Å². The monoisotopic (exact) mass is 214 g/mol. The minimum absolute atomic E-state index is 0. The van der Waals surface area contributed by atoms with Gasteiger partial charge in [-0.1, -0.05) is 13.8 Å². The van der Waals surface area contributed by atoms with E-state index in [2.05, 4.69) is 32.0 Å². The van der Waals surface area contributed by atoms with Crippen molar-refractivity contribution < 1.29 is 17.1 Å². The van der Waals surface area contributed by atoms with E-state index in [1.54, 1.807) is 0 Å². The zero-order chi connectivity index (χ0) is 8.81. The number of hydrogen-bond donors (Lipinski definition) is 0. The van der Waals surface area contributed by atoms with Crippen molar-refractivity contribution in [2.24, 2.45) is 0 Å². The van der Waals surface area contributed by atoms with Gasteiger partial charge in [0.15, 0.2) is 0 Å². The van der Waals surface area contributed by atoms with Crippen LogP contribution in [-0.4, -0.2) is 0 Å². The summed E-state index contributed by atoms with van der Waals surface area (Å²) >= 11 is 0. The maximum absolute atomic E-state index is 2.12. The molecule has 0 N–H and O–H groups in total. The average Bonchev–Trinajstić information content (AvgIpc) is 2.67. The first kappa shape index (κ1) is 12.2. The molecule has 0 aliphatic carbocycles. The Morgan fingerprint density at radius 1 is 1.08 bits per heavy atom. The van der Waals surface area contributed by atoms with Crippen LogP contribution in [0.5, 0.6) is 0 Å². The SMILES string of the molecule is Cc1ccc[c-]1C.[Fe].[cH-]1[cH-][cH-][cH-][cH-]1. The van der Waals surface area contributed by atoms with Crippen LogP contribution in [0, 0.1) is 13.8 Å². The fourth-order valence-corrected chi connectivity index (χ4v) is 0.920. The molecule has 0 saturated heterocycles. The summed E-state index contributed by atoms with van der Waals surface area (Å²) in [5.74, 6) is 0. The molecule has 0 aliphatic heterocycles. The number of rotatable bonds is 0. The Hall–Kier alpha value is -0.781. The zero-order valence-corrected chi connectivity index (χ0v) is 9.08. The van der Waals surface area contributed by atoms with Crippen molar-refractivity contribution >= 4 is 0 Å². The molecular formula is C12H14Fe-6. The molecule has 0 heterocycles. The second kappa shape index (κ2) is 6.71. The molecule has 0 saturated carbocycles. The molecule has 0 amide bonds. The maximum atomic E-state index is 2.12. The third-order valence-electron chi connectivity index (χ3n) is 1.87. The van der Waals surface area contributed by atoms with Crippen LogP contribution in [0.25, 0.3) is 0 Å². The summed E-state index contributed by atoms with van der Waals surface area (Å²) in [6.45, 7) is 4.24. The molecule has 0 fully saturated rings. The van der Waals surface area contributed by atoms with Crippen molar-refractivity contribution in [3.8, 4) is 0 Å². The molecule has 0 spiro atoms. The normalized spacial score (nSPS) is 8.15. The van der Waals surface area contributed by atoms with E-state index in [1.807, 2.05) is 30.3 Å². The summed E-state index contributed by atoms with van der Waals surface area (Å²) in [5.41, 5.74) is 2.78. The molecule has 76 valence electrons. The molecule has 1 heteroatoms. The van der Waals surface area contributed by atoms with Crippen LogP contribution >= 0.6 is 0 Å². The third-order valence-corrected chi connectivity index (χ3v) is 1.87. The van der Waals surface area contributed by atoms with Crippen molar-refractivity contribution in [3.05, 3.63) is 59.7 Å². The molecule has 0 unspecified atom stereocenters. The van der Waals surface area contributed by atoms with Crippen LogP contribution in [0.3, 0.4) is 0 Å². The molecule has 2 rings (SSSR count). The summed E-state index contributed by atoms with van der Waals surface area (Å²) in [7, 11) is 0. The van der Waals surface area contributed by atoms with E-state index in [4.69, 9.17) is 0 Å². The van der Waals surface area contributed by atoms with E-state index in [-0.39, 0.29) is 17.1 Å². The van der Waals surface area contributed by atoms with Gasteiger partial charge in [-0.2, -0.15) is 17.2 Å². The number of hydrogen-bond acceptors (Lipinski definition) is 0. The first-order chi connectivity index (χ1) is 5.80. The molecule has 2 aromatic rings. The molecule has 0 aliphatic rings. The van der Waals surface area contributed by atoms with Gasteiger partial charge < -0.3 is 30.3 Å². The van der Waals surface area contributed by atoms with Crippen molar-refractivity contribution in [2.45, 2.75) is 13.8 Å². The molecule has 0 aromatic heterocycles. The van der Waals surface area contributed by atoms with Gasteiger partial charge >= 0.3 is 0 Å². The van der Waals surface area contributed by atoms with Gasteiger partial charge in [0.1, 0.15) is 0 Å². The van der Waals surface area contributed by atoms with Crippen molar-refractivity contribution in [2.75, 3.05) is 0 Å². The second-order valence-electron chi connectivity index (χ2n) is 2.85. The smallest absolute Gasteiger partial charge is 0 e. The Kier molecular flexibility index (Phi) is 6.30. The van der Waals surface area contributed by atoms with E-state index in [1.165, 1.54) is 11.1 Å². The quantitative estimate of drug-likeness (QED) is 0.465. The minimum atomic E-state index is 0. The molecule has 2 aromatic carbocycles. The summed E-state index contributed by atoms with van der Waals surface area (Å²) in [6, 6.07) is 16.3. The zero-order valence-electron chi connectivity index (χ0n) is 7.97. The van der Waals surface area contributed by atoms with Gasteiger partial charge in [-0.3, -0.25) is 0 Å². The van der Waals surface area contributed by atoms with Crippen LogP contribution in [0.2, 0.25) is 0 Å². The molecular weight excluding hydrogens is 200 g/mol. The molecule has 0 atom stereocenters. The van der Waals surface area contributed by atoms with Gasteiger partial charge in [0.05, 0.1) is 0 Å². The Bertz CT molecular complexity index is 257. The van der Waals surface area contributed by atoms with Crippen molar-refractivity contribution in [1.29, 1.82) is 0 Å². The van der Waals surface area contributed by atoms with E-state index >= 15 is 0 Å². The van der Waals surface area contributed by atoms with E-state index in [0.29, 0.717) is 0 Å². The Labute approximate surface area is 90.8 Å². The first-order valence-corrected chi connectivity index (χ1v) is 4.16. The second-order valence-corrected chi connectivity index (χ2v) is 2.85. The fraction of sp³-hybridized carbons (Fsp3) is 0.167. The topological polar surface area (TPSA) is 0 Å². The van der Waals surface area contributed by atoms with Gasteiger partial charge in [-0.15, -0.1) is 0 Å². The number of aryl methyl sites for hydroxylation is 2. The van der Waals surface area contributed by atoms with Crippen LogP contribution in [0.4, 0.5) is 0 Å². The van der Waals surface area contributed by atoms with Crippen LogP contribution < -0.4 is 0 Å². The molecule has 0 bridgehead atoms. The van der Waals surface area contributed by atoms with Crippen LogP contribution in [0.15, 0.2) is 48.5 Å². The maximum Gasteiger partial charge on any atom is 0 e. The first-order valence-electron chi connectivity index (χ1n) is 4.16. The van der Waals surface area contributed by atoms with Crippen molar-refractivity contribution in [3.63, 3.8) is 0 Å². The molecule has 0 nitrogen and oxygen atoms in total. The summed E-state index contributed by atoms with van der Waals surface area (Å²) in [6.07, 6.45) is 0. The summed E-state index contributed by atoms with van der Waals surface area (Å²) in [5, 5.41) is 0. The van der Waals surface area contributed by atoms with E-state index in [0.717, 1.165) is 0 Å². The Balaban J connectivity index is 0.000000215. The van der Waals surface area contributed by atoms with Gasteiger partial charge in [-0.25, -0.2) is 12.1 Å². The predicted octanol–water partition coefficient (Wildman–Crippen LogP) is 3.43. The van der Waals surface area contributed by atoms with Gasteiger partial charge in [-0.05, 0) is 0 Å². The van der Waals surface area contributed by atoms with E-state index in [9.17, 15) is 0 Å². The Morgan fingerprint density at radius 3 is 1.69 bits per heavy atom. The summed E-state index contributed by atoms with van der Waals surface area (Å²) in [4.78, 5) is 0. The average molecular weight is 214 g/mol. The predicted molar refractivity (Wildman–Crippen MR) is 53.5 cm³/mol. The third kappa shape index (κ3) is 4.72. The van der Waals surface area contributed by atoms with Gasteiger partial charge in [0.2, 0.25) is 0 Å². The summed E-state index contributed by atoms with van der Waals surface area (Å²) < 4.78 is 0.